The number of ether oxygens (including phenoxy) is 5. The van der Waals surface area contributed by atoms with Crippen LogP contribution in [-0.4, -0.2) is 60.9 Å². The van der Waals surface area contributed by atoms with Gasteiger partial charge in [0.25, 0.3) is 0 Å². The maximum atomic E-state index is 13.3. The van der Waals surface area contributed by atoms with E-state index >= 15 is 0 Å². The summed E-state index contributed by atoms with van der Waals surface area (Å²) in [5, 5.41) is 11.4. The molecule has 1 aliphatic carbocycles. The molecule has 11 heteroatoms. The molecule has 0 amide bonds. The lowest BCUT2D eigenvalue weighted by atomic mass is 9.73. The Morgan fingerprint density at radius 2 is 1.00 bits per heavy atom. The van der Waals surface area contributed by atoms with Crippen LogP contribution in [0.5, 0.6) is 11.5 Å². The number of phenols is 1. The van der Waals surface area contributed by atoms with Crippen LogP contribution in [0.2, 0.25) is 0 Å². The van der Waals surface area contributed by atoms with Crippen molar-refractivity contribution < 1.29 is 52.8 Å². The quantitative estimate of drug-likeness (QED) is 0.0218. The van der Waals surface area contributed by atoms with Crippen LogP contribution in [0.1, 0.15) is 303 Å². The van der Waals surface area contributed by atoms with E-state index in [1.807, 2.05) is 19.1 Å². The molecule has 11 nitrogen and oxygen atoms in total. The summed E-state index contributed by atoms with van der Waals surface area (Å²) < 4.78 is 28.3. The Bertz CT molecular complexity index is 1790. The Hall–Kier alpha value is -4.15. The number of benzene rings is 1. The first kappa shape index (κ1) is 70.0. The molecule has 1 aromatic carbocycles. The third-order valence-corrected chi connectivity index (χ3v) is 15.4. The van der Waals surface area contributed by atoms with E-state index < -0.39 is 29.9 Å². The summed E-state index contributed by atoms with van der Waals surface area (Å²) in [4.78, 5) is 64.9. The molecule has 1 aliphatic rings. The average Bonchev–Trinajstić information content (AvgIpc) is 3.39. The van der Waals surface area contributed by atoms with Crippen molar-refractivity contribution in [2.75, 3.05) is 19.8 Å². The number of esters is 5. The Labute approximate surface area is 474 Å². The lowest BCUT2D eigenvalue weighted by Gasteiger charge is -2.32. The fraction of sp³-hybridized carbons (Fsp3) is 0.776. The predicted molar refractivity (Wildman–Crippen MR) is 317 cm³/mol. The molecule has 0 bridgehead atoms. The molecule has 0 radical (unpaired) electrons. The van der Waals surface area contributed by atoms with Crippen LogP contribution in [-0.2, 0) is 49.3 Å². The van der Waals surface area contributed by atoms with Crippen molar-refractivity contribution in [1.29, 1.82) is 0 Å². The van der Waals surface area contributed by atoms with E-state index in [-0.39, 0.29) is 81.4 Å². The van der Waals surface area contributed by atoms with Crippen LogP contribution in [0.3, 0.4) is 0 Å². The summed E-state index contributed by atoms with van der Waals surface area (Å²) in [6, 6.07) is 3.72. The van der Waals surface area contributed by atoms with Crippen molar-refractivity contribution in [3.63, 3.8) is 0 Å². The van der Waals surface area contributed by atoms with Crippen molar-refractivity contribution in [3.05, 3.63) is 47.1 Å². The molecule has 0 saturated carbocycles. The van der Waals surface area contributed by atoms with Gasteiger partial charge >= 0.3 is 29.8 Å². The number of allylic oxidation sites excluding steroid dienone is 3. The fourth-order valence-electron chi connectivity index (χ4n) is 10.6. The van der Waals surface area contributed by atoms with Gasteiger partial charge in [-0.05, 0) is 94.7 Å². The van der Waals surface area contributed by atoms with Crippen molar-refractivity contribution in [1.82, 2.24) is 0 Å². The molecule has 446 valence electrons. The first-order chi connectivity index (χ1) is 37.8. The minimum atomic E-state index is -0.969. The molecule has 2 rings (SSSR count). The molecule has 0 saturated heterocycles. The molecule has 0 spiro atoms. The number of rotatable bonds is 49. The highest BCUT2D eigenvalue weighted by atomic mass is 16.6. The smallest absolute Gasteiger partial charge is 0.311 e. The number of hydrogen-bond acceptors (Lipinski definition) is 11. The second-order valence-electron chi connectivity index (χ2n) is 23.1. The minimum Gasteiger partial charge on any atom is -0.507 e. The molecular formula is C67H112O11. The number of carbonyl (C=O) groups excluding carboxylic acids is 5. The molecule has 0 aromatic heterocycles. The summed E-state index contributed by atoms with van der Waals surface area (Å²) in [5.41, 5.74) is 3.81. The van der Waals surface area contributed by atoms with Crippen molar-refractivity contribution in [3.8, 4) is 11.5 Å². The van der Waals surface area contributed by atoms with Crippen LogP contribution < -0.4 is 4.74 Å². The Morgan fingerprint density at radius 3 is 1.49 bits per heavy atom. The highest BCUT2D eigenvalue weighted by Crippen LogP contribution is 2.47. The summed E-state index contributed by atoms with van der Waals surface area (Å²) in [6.45, 7) is 16.4. The van der Waals surface area contributed by atoms with E-state index in [2.05, 4.69) is 40.3 Å². The summed E-state index contributed by atoms with van der Waals surface area (Å²) in [6.07, 6.45) is 39.8. The number of unbranched alkanes of at least 4 members (excludes halogenated alkanes) is 27. The zero-order chi connectivity index (χ0) is 57.0. The SMILES string of the molecule is C=C(C)[C@@H]1CCC(C)=C[C@H]1c1c(O)cc(CCCCC)cc1OC(=O)CCCCOC(=O)CC(C)CC(=O)OC(COC(=O)CCCCCCCCCCCCCCC)COC(=O)CCCCCCCCCCCCCCC. The molecule has 0 heterocycles. The van der Waals surface area contributed by atoms with Crippen molar-refractivity contribution in [2.45, 2.75) is 304 Å². The number of carbonyl (C=O) groups is 5. The van der Waals surface area contributed by atoms with Crippen LogP contribution in [0, 0.1) is 11.8 Å². The van der Waals surface area contributed by atoms with Gasteiger partial charge in [0.15, 0.2) is 6.10 Å². The molecule has 0 fully saturated rings. The van der Waals surface area contributed by atoms with Gasteiger partial charge in [-0.2, -0.15) is 0 Å². The highest BCUT2D eigenvalue weighted by molar-refractivity contribution is 5.74. The standard InChI is InChI=1S/C67H112O11/c1-8-11-14-16-18-20-22-24-26-28-30-32-35-40-62(69)75-51-57(52-76-63(70)41-36-33-31-29-27-25-23-21-19-17-15-12-9-2)77-66(73)48-55(7)47-65(72)74-45-38-37-42-64(71)78-61-50-56(39-34-13-10-3)49-60(68)67(61)59-46-54(6)43-44-58(59)53(4)5/h46,49-50,55,57-59,68H,4,8-45,47-48,51-52H2,1-3,5-7H3/t55?,58-,59+/m0/s1. The van der Waals surface area contributed by atoms with Crippen LogP contribution in [0.15, 0.2) is 35.9 Å². The van der Waals surface area contributed by atoms with Gasteiger partial charge in [0.1, 0.15) is 24.7 Å². The van der Waals surface area contributed by atoms with Gasteiger partial charge in [0, 0.05) is 43.6 Å². The lowest BCUT2D eigenvalue weighted by Crippen LogP contribution is -2.31. The largest absolute Gasteiger partial charge is 0.507 e. The van der Waals surface area contributed by atoms with Gasteiger partial charge in [-0.25, -0.2) is 0 Å². The minimum absolute atomic E-state index is 0.0227. The topological polar surface area (TPSA) is 152 Å². The Balaban J connectivity index is 1.82. The molecule has 1 unspecified atom stereocenters. The van der Waals surface area contributed by atoms with Crippen LogP contribution >= 0.6 is 0 Å². The second-order valence-corrected chi connectivity index (χ2v) is 23.1. The number of aromatic hydroxyl groups is 1. The zero-order valence-corrected chi connectivity index (χ0v) is 50.5. The maximum absolute atomic E-state index is 13.3. The number of phenolic OH excluding ortho intramolecular Hbond substituents is 1. The monoisotopic (exact) mass is 1090 g/mol. The van der Waals surface area contributed by atoms with Crippen molar-refractivity contribution >= 4 is 29.8 Å². The van der Waals surface area contributed by atoms with E-state index in [0.29, 0.717) is 24.2 Å². The van der Waals surface area contributed by atoms with E-state index in [4.69, 9.17) is 23.7 Å². The van der Waals surface area contributed by atoms with Gasteiger partial charge in [-0.3, -0.25) is 24.0 Å². The molecule has 3 atom stereocenters. The lowest BCUT2D eigenvalue weighted by molar-refractivity contribution is -0.167. The molecular weight excluding hydrogens is 981 g/mol. The van der Waals surface area contributed by atoms with E-state index in [9.17, 15) is 29.1 Å². The predicted octanol–water partition coefficient (Wildman–Crippen LogP) is 18.1. The summed E-state index contributed by atoms with van der Waals surface area (Å²) in [7, 11) is 0. The van der Waals surface area contributed by atoms with Gasteiger partial charge in [0.05, 0.1) is 6.61 Å². The first-order valence-electron chi connectivity index (χ1n) is 31.8. The van der Waals surface area contributed by atoms with E-state index in [1.165, 1.54) is 134 Å². The summed E-state index contributed by atoms with van der Waals surface area (Å²) in [5.74, 6) is -2.16. The molecule has 1 aromatic rings. The van der Waals surface area contributed by atoms with Gasteiger partial charge in [-0.1, -0.05) is 218 Å². The molecule has 78 heavy (non-hydrogen) atoms. The van der Waals surface area contributed by atoms with Crippen LogP contribution in [0.4, 0.5) is 0 Å². The van der Waals surface area contributed by atoms with Crippen molar-refractivity contribution in [2.24, 2.45) is 11.8 Å². The average molecular weight is 1090 g/mol. The number of hydrogen-bond donors (Lipinski definition) is 1. The third-order valence-electron chi connectivity index (χ3n) is 15.4. The van der Waals surface area contributed by atoms with E-state index in [0.717, 1.165) is 88.2 Å². The Kier molecular flexibility index (Phi) is 40.9. The van der Waals surface area contributed by atoms with Crippen LogP contribution in [0.25, 0.3) is 0 Å². The number of aryl methyl sites for hydroxylation is 1. The second kappa shape index (κ2) is 45.6. The normalized spacial score (nSPS) is 14.7. The zero-order valence-electron chi connectivity index (χ0n) is 50.5. The molecule has 0 aliphatic heterocycles. The van der Waals surface area contributed by atoms with E-state index in [1.54, 1.807) is 6.92 Å². The maximum Gasteiger partial charge on any atom is 0.311 e. The molecule has 1 N–H and O–H groups in total. The first-order valence-corrected chi connectivity index (χ1v) is 31.8. The summed E-state index contributed by atoms with van der Waals surface area (Å²) >= 11 is 0. The van der Waals surface area contributed by atoms with Gasteiger partial charge in [-0.15, -0.1) is 0 Å². The fourth-order valence-corrected chi connectivity index (χ4v) is 10.6. The third kappa shape index (κ3) is 34.8. The van der Waals surface area contributed by atoms with Gasteiger partial charge < -0.3 is 28.8 Å². The Morgan fingerprint density at radius 1 is 0.564 bits per heavy atom. The van der Waals surface area contributed by atoms with Gasteiger partial charge in [0.2, 0.25) is 0 Å². The highest BCUT2D eigenvalue weighted by Gasteiger charge is 2.31.